The van der Waals surface area contributed by atoms with Gasteiger partial charge in [0.1, 0.15) is 17.3 Å². The van der Waals surface area contributed by atoms with Gasteiger partial charge in [0.15, 0.2) is 5.78 Å². The molecule has 110 valence electrons. The standard InChI is InChI=1S/C16H22FNO2/c1-3-4-5-6-7-8-15(19)12(2)16(20)14-10-9-13(17)11-18-14/h9-12H,3-8H2,1-2H3. The summed E-state index contributed by atoms with van der Waals surface area (Å²) in [5, 5.41) is 0. The second-order valence-electron chi connectivity index (χ2n) is 5.08. The van der Waals surface area contributed by atoms with Crippen molar-refractivity contribution in [1.82, 2.24) is 4.98 Å². The highest BCUT2D eigenvalue weighted by atomic mass is 19.1. The number of Topliss-reactive ketones (excluding diaryl/α,β-unsaturated/α-hetero) is 2. The van der Waals surface area contributed by atoms with E-state index in [1.165, 1.54) is 25.0 Å². The van der Waals surface area contributed by atoms with Gasteiger partial charge < -0.3 is 0 Å². The van der Waals surface area contributed by atoms with E-state index in [1.54, 1.807) is 6.92 Å². The van der Waals surface area contributed by atoms with Gasteiger partial charge in [0.05, 0.1) is 12.1 Å². The van der Waals surface area contributed by atoms with Crippen molar-refractivity contribution in [3.63, 3.8) is 0 Å². The number of hydrogen-bond acceptors (Lipinski definition) is 3. The molecule has 0 saturated heterocycles. The van der Waals surface area contributed by atoms with Gasteiger partial charge in [-0.25, -0.2) is 4.39 Å². The Morgan fingerprint density at radius 3 is 2.50 bits per heavy atom. The molecule has 0 amide bonds. The minimum absolute atomic E-state index is 0.0578. The summed E-state index contributed by atoms with van der Waals surface area (Å²) in [6.07, 6.45) is 6.75. The zero-order valence-corrected chi connectivity index (χ0v) is 12.2. The number of rotatable bonds is 9. The highest BCUT2D eigenvalue weighted by molar-refractivity contribution is 6.09. The monoisotopic (exact) mass is 279 g/mol. The molecule has 0 aromatic carbocycles. The van der Waals surface area contributed by atoms with E-state index < -0.39 is 11.7 Å². The second-order valence-corrected chi connectivity index (χ2v) is 5.08. The summed E-state index contributed by atoms with van der Waals surface area (Å²) in [6, 6.07) is 2.50. The molecule has 0 spiro atoms. The minimum Gasteiger partial charge on any atom is -0.299 e. The van der Waals surface area contributed by atoms with Crippen LogP contribution in [-0.4, -0.2) is 16.6 Å². The molecule has 1 aromatic rings. The Bertz CT molecular complexity index is 442. The minimum atomic E-state index is -0.695. The topological polar surface area (TPSA) is 47.0 Å². The molecule has 1 heterocycles. The molecule has 0 N–H and O–H groups in total. The predicted molar refractivity (Wildman–Crippen MR) is 76.1 cm³/mol. The fraction of sp³-hybridized carbons (Fsp3) is 0.562. The van der Waals surface area contributed by atoms with E-state index in [1.807, 2.05) is 0 Å². The highest BCUT2D eigenvalue weighted by Crippen LogP contribution is 2.13. The Morgan fingerprint density at radius 1 is 1.20 bits per heavy atom. The summed E-state index contributed by atoms with van der Waals surface area (Å²) in [7, 11) is 0. The van der Waals surface area contributed by atoms with E-state index in [0.29, 0.717) is 6.42 Å². The zero-order valence-electron chi connectivity index (χ0n) is 12.2. The van der Waals surface area contributed by atoms with Crippen molar-refractivity contribution in [2.45, 2.75) is 52.4 Å². The Morgan fingerprint density at radius 2 is 1.90 bits per heavy atom. The van der Waals surface area contributed by atoms with Gasteiger partial charge in [-0.2, -0.15) is 0 Å². The van der Waals surface area contributed by atoms with Crippen LogP contribution in [0, 0.1) is 11.7 Å². The molecule has 1 unspecified atom stereocenters. The first-order valence-corrected chi connectivity index (χ1v) is 7.24. The van der Waals surface area contributed by atoms with Crippen LogP contribution in [0.2, 0.25) is 0 Å². The normalized spacial score (nSPS) is 12.2. The second kappa shape index (κ2) is 8.56. The van der Waals surface area contributed by atoms with Crippen molar-refractivity contribution < 1.29 is 14.0 Å². The van der Waals surface area contributed by atoms with Crippen LogP contribution in [0.25, 0.3) is 0 Å². The molecule has 20 heavy (non-hydrogen) atoms. The van der Waals surface area contributed by atoms with Gasteiger partial charge in [-0.15, -0.1) is 0 Å². The number of ketones is 2. The fourth-order valence-corrected chi connectivity index (χ4v) is 2.01. The van der Waals surface area contributed by atoms with Gasteiger partial charge in [-0.05, 0) is 25.5 Å². The maximum atomic E-state index is 12.7. The van der Waals surface area contributed by atoms with Gasteiger partial charge in [-0.3, -0.25) is 14.6 Å². The summed E-state index contributed by atoms with van der Waals surface area (Å²) in [4.78, 5) is 27.7. The Kier molecular flexibility index (Phi) is 7.05. The lowest BCUT2D eigenvalue weighted by atomic mass is 9.94. The third kappa shape index (κ3) is 5.19. The van der Waals surface area contributed by atoms with Crippen LogP contribution in [0.5, 0.6) is 0 Å². The largest absolute Gasteiger partial charge is 0.299 e. The van der Waals surface area contributed by atoms with Gasteiger partial charge in [-0.1, -0.05) is 32.6 Å². The van der Waals surface area contributed by atoms with E-state index in [4.69, 9.17) is 0 Å². The van der Waals surface area contributed by atoms with Crippen LogP contribution in [-0.2, 0) is 4.79 Å². The van der Waals surface area contributed by atoms with Crippen molar-refractivity contribution in [2.24, 2.45) is 5.92 Å². The Balaban J connectivity index is 2.43. The van der Waals surface area contributed by atoms with Crippen molar-refractivity contribution in [2.75, 3.05) is 0 Å². The average Bonchev–Trinajstić information content (AvgIpc) is 2.46. The lowest BCUT2D eigenvalue weighted by Gasteiger charge is -2.09. The van der Waals surface area contributed by atoms with Crippen molar-refractivity contribution in [1.29, 1.82) is 0 Å². The molecule has 3 nitrogen and oxygen atoms in total. The summed E-state index contributed by atoms with van der Waals surface area (Å²) >= 11 is 0. The van der Waals surface area contributed by atoms with Gasteiger partial charge >= 0.3 is 0 Å². The molecule has 1 atom stereocenters. The summed E-state index contributed by atoms with van der Waals surface area (Å²) in [5.41, 5.74) is 0.151. The van der Waals surface area contributed by atoms with Crippen molar-refractivity contribution in [3.8, 4) is 0 Å². The van der Waals surface area contributed by atoms with Crippen LogP contribution in [0.4, 0.5) is 4.39 Å². The molecule has 0 saturated carbocycles. The number of carbonyl (C=O) groups is 2. The van der Waals surface area contributed by atoms with Crippen LogP contribution in [0.3, 0.4) is 0 Å². The van der Waals surface area contributed by atoms with Crippen molar-refractivity contribution in [3.05, 3.63) is 29.8 Å². The quantitative estimate of drug-likeness (QED) is 0.390. The maximum Gasteiger partial charge on any atom is 0.191 e. The molecule has 0 fully saturated rings. The van der Waals surface area contributed by atoms with Crippen LogP contribution in [0.15, 0.2) is 18.3 Å². The first-order chi connectivity index (χ1) is 9.56. The van der Waals surface area contributed by atoms with Crippen LogP contribution in [0.1, 0.15) is 62.9 Å². The van der Waals surface area contributed by atoms with Crippen molar-refractivity contribution >= 4 is 11.6 Å². The predicted octanol–water partition coefficient (Wildman–Crippen LogP) is 3.97. The third-order valence-corrected chi connectivity index (χ3v) is 3.38. The molecule has 1 aromatic heterocycles. The Labute approximate surface area is 119 Å². The smallest absolute Gasteiger partial charge is 0.191 e. The first-order valence-electron chi connectivity index (χ1n) is 7.24. The average molecular weight is 279 g/mol. The molecular weight excluding hydrogens is 257 g/mol. The number of nitrogens with zero attached hydrogens (tertiary/aromatic N) is 1. The highest BCUT2D eigenvalue weighted by Gasteiger charge is 2.23. The van der Waals surface area contributed by atoms with Gasteiger partial charge in [0.25, 0.3) is 0 Å². The number of aromatic nitrogens is 1. The van der Waals surface area contributed by atoms with Gasteiger partial charge in [0.2, 0.25) is 0 Å². The van der Waals surface area contributed by atoms with E-state index >= 15 is 0 Å². The molecule has 0 aliphatic heterocycles. The summed E-state index contributed by atoms with van der Waals surface area (Å²) in [6.45, 7) is 3.74. The Hall–Kier alpha value is -1.58. The molecule has 0 radical (unpaired) electrons. The van der Waals surface area contributed by atoms with Crippen LogP contribution < -0.4 is 0 Å². The van der Waals surface area contributed by atoms with E-state index in [0.717, 1.165) is 25.5 Å². The number of halogens is 1. The SMILES string of the molecule is CCCCCCCC(=O)C(C)C(=O)c1ccc(F)cn1. The van der Waals surface area contributed by atoms with E-state index in [9.17, 15) is 14.0 Å². The molecular formula is C16H22FNO2. The number of unbranched alkanes of at least 4 members (excludes halogenated alkanes) is 4. The lowest BCUT2D eigenvalue weighted by molar-refractivity contribution is -0.121. The number of carbonyl (C=O) groups excluding carboxylic acids is 2. The van der Waals surface area contributed by atoms with Gasteiger partial charge in [0, 0.05) is 6.42 Å². The van der Waals surface area contributed by atoms with E-state index in [2.05, 4.69) is 11.9 Å². The molecule has 4 heteroatoms. The first kappa shape index (κ1) is 16.5. The molecule has 0 bridgehead atoms. The molecule has 1 rings (SSSR count). The maximum absolute atomic E-state index is 12.7. The number of pyridine rings is 1. The van der Waals surface area contributed by atoms with Crippen LogP contribution >= 0.6 is 0 Å². The molecule has 0 aliphatic carbocycles. The lowest BCUT2D eigenvalue weighted by Crippen LogP contribution is -2.22. The fourth-order valence-electron chi connectivity index (χ4n) is 2.01. The third-order valence-electron chi connectivity index (χ3n) is 3.38. The summed E-state index contributed by atoms with van der Waals surface area (Å²) < 4.78 is 12.7. The van der Waals surface area contributed by atoms with E-state index in [-0.39, 0.29) is 17.3 Å². The summed E-state index contributed by atoms with van der Waals surface area (Å²) in [5.74, 6) is -1.57. The zero-order chi connectivity index (χ0) is 15.0. The molecule has 0 aliphatic rings. The number of hydrogen-bond donors (Lipinski definition) is 0.